The summed E-state index contributed by atoms with van der Waals surface area (Å²) < 4.78 is 0. The molecule has 0 unspecified atom stereocenters. The molecule has 0 bridgehead atoms. The average Bonchev–Trinajstić information content (AvgIpc) is 1.63. The van der Waals surface area contributed by atoms with Crippen LogP contribution in [-0.2, 0) is 4.79 Å². The summed E-state index contributed by atoms with van der Waals surface area (Å²) in [7, 11) is 0. The van der Waals surface area contributed by atoms with Crippen molar-refractivity contribution >= 4 is 5.97 Å². The first kappa shape index (κ1) is 11.5. The van der Waals surface area contributed by atoms with Crippen LogP contribution in [0.2, 0.25) is 0 Å². The number of carbonyl (C=O) groups is 1. The lowest BCUT2D eigenvalue weighted by molar-refractivity contribution is -0.132. The zero-order valence-corrected chi connectivity index (χ0v) is 6.22. The van der Waals surface area contributed by atoms with Crippen molar-refractivity contribution in [2.24, 2.45) is 0 Å². The van der Waals surface area contributed by atoms with Crippen molar-refractivity contribution in [2.75, 3.05) is 0 Å². The molecule has 0 aliphatic carbocycles. The minimum atomic E-state index is -0.935. The van der Waals surface area contributed by atoms with Gasteiger partial charge in [0.15, 0.2) is 0 Å². The zero-order chi connectivity index (χ0) is 8.73. The van der Waals surface area contributed by atoms with Gasteiger partial charge in [-0.2, -0.15) is 0 Å². The molecule has 0 aliphatic rings. The molecular weight excluding hydrogens is 132 g/mol. The summed E-state index contributed by atoms with van der Waals surface area (Å²) in [5.41, 5.74) is 0.176. The second-order valence-corrected chi connectivity index (χ2v) is 1.82. The van der Waals surface area contributed by atoms with Crippen LogP contribution in [0.3, 0.4) is 0 Å². The second-order valence-electron chi connectivity index (χ2n) is 1.82. The topological polar surface area (TPSA) is 57.5 Å². The molecule has 0 radical (unpaired) electrons. The van der Waals surface area contributed by atoms with Crippen molar-refractivity contribution in [1.82, 2.24) is 0 Å². The van der Waals surface area contributed by atoms with E-state index >= 15 is 0 Å². The average molecular weight is 144 g/mol. The normalized spacial score (nSPS) is 7.00. The van der Waals surface area contributed by atoms with Crippen LogP contribution in [0.25, 0.3) is 0 Å². The van der Waals surface area contributed by atoms with Gasteiger partial charge in [0, 0.05) is 5.57 Å². The maximum absolute atomic E-state index is 9.60. The summed E-state index contributed by atoms with van der Waals surface area (Å²) in [5, 5.41) is 15.8. The van der Waals surface area contributed by atoms with E-state index in [0.717, 1.165) is 0 Å². The van der Waals surface area contributed by atoms with Crippen LogP contribution in [0.15, 0.2) is 24.5 Å². The molecule has 0 rings (SSSR count). The van der Waals surface area contributed by atoms with Crippen LogP contribution in [0.5, 0.6) is 0 Å². The highest BCUT2D eigenvalue weighted by Crippen LogP contribution is 1.81. The largest absolute Gasteiger partial charge is 0.513 e. The first-order valence-electron chi connectivity index (χ1n) is 2.61. The van der Waals surface area contributed by atoms with E-state index < -0.39 is 5.97 Å². The molecule has 2 N–H and O–H groups in total. The van der Waals surface area contributed by atoms with Crippen LogP contribution in [0, 0.1) is 0 Å². The van der Waals surface area contributed by atoms with Gasteiger partial charge in [-0.25, -0.2) is 4.79 Å². The third kappa shape index (κ3) is 29.5. The van der Waals surface area contributed by atoms with E-state index in [1.165, 1.54) is 13.8 Å². The van der Waals surface area contributed by atoms with Crippen molar-refractivity contribution in [1.29, 1.82) is 0 Å². The Kier molecular flexibility index (Phi) is 6.78. The Bertz CT molecular complexity index is 131. The highest BCUT2D eigenvalue weighted by Gasteiger charge is 1.90. The lowest BCUT2D eigenvalue weighted by atomic mass is 10.4. The van der Waals surface area contributed by atoms with E-state index in [4.69, 9.17) is 10.2 Å². The molecule has 3 heteroatoms. The van der Waals surface area contributed by atoms with E-state index in [9.17, 15) is 4.79 Å². The Balaban J connectivity index is 0. The maximum atomic E-state index is 9.60. The summed E-state index contributed by atoms with van der Waals surface area (Å²) in [6, 6.07) is 0. The number of rotatable bonds is 1. The van der Waals surface area contributed by atoms with Gasteiger partial charge in [-0.3, -0.25) is 0 Å². The predicted molar refractivity (Wildman–Crippen MR) is 39.9 cm³/mol. The standard InChI is InChI=1S/C4H6O2.C3H6O/c1-3(2)4(5)6;1-3(2)4/h1H2,2H3,(H,5,6);4H,1H2,2H3. The minimum Gasteiger partial charge on any atom is -0.513 e. The van der Waals surface area contributed by atoms with Gasteiger partial charge < -0.3 is 10.2 Å². The number of allylic oxidation sites excluding steroid dienone is 1. The molecule has 0 amide bonds. The molecule has 0 saturated heterocycles. The van der Waals surface area contributed by atoms with Crippen LogP contribution in [0.4, 0.5) is 0 Å². The smallest absolute Gasteiger partial charge is 0.330 e. The summed E-state index contributed by atoms with van der Waals surface area (Å²) in [6.07, 6.45) is 0. The number of hydrogen-bond acceptors (Lipinski definition) is 2. The molecule has 0 aromatic carbocycles. The van der Waals surface area contributed by atoms with Gasteiger partial charge in [0.05, 0.1) is 5.76 Å². The Morgan fingerprint density at radius 2 is 1.30 bits per heavy atom. The van der Waals surface area contributed by atoms with Gasteiger partial charge in [-0.15, -0.1) is 0 Å². The van der Waals surface area contributed by atoms with Crippen molar-refractivity contribution in [3.8, 4) is 0 Å². The quantitative estimate of drug-likeness (QED) is 0.435. The molecule has 3 nitrogen and oxygen atoms in total. The van der Waals surface area contributed by atoms with Crippen LogP contribution < -0.4 is 0 Å². The van der Waals surface area contributed by atoms with Gasteiger partial charge in [0.1, 0.15) is 0 Å². The first-order chi connectivity index (χ1) is 4.37. The summed E-state index contributed by atoms with van der Waals surface area (Å²) in [4.78, 5) is 9.60. The number of aliphatic hydroxyl groups is 1. The monoisotopic (exact) mass is 144 g/mol. The number of carboxylic acid groups (broad SMARTS) is 1. The molecular formula is C7H12O3. The van der Waals surface area contributed by atoms with Crippen molar-refractivity contribution in [3.63, 3.8) is 0 Å². The van der Waals surface area contributed by atoms with Gasteiger partial charge >= 0.3 is 5.97 Å². The maximum Gasteiger partial charge on any atom is 0.330 e. The number of aliphatic carboxylic acids is 1. The lowest BCUT2D eigenvalue weighted by Gasteiger charge is -1.79. The van der Waals surface area contributed by atoms with Crippen LogP contribution >= 0.6 is 0 Å². The molecule has 0 atom stereocenters. The third-order valence-electron chi connectivity index (χ3n) is 0.365. The van der Waals surface area contributed by atoms with E-state index in [2.05, 4.69) is 13.2 Å². The van der Waals surface area contributed by atoms with Crippen LogP contribution in [-0.4, -0.2) is 16.2 Å². The van der Waals surface area contributed by atoms with E-state index in [1.807, 2.05) is 0 Å². The SMILES string of the molecule is C=C(C)C(=O)O.C=C(C)O. The number of hydrogen-bond donors (Lipinski definition) is 2. The molecule has 10 heavy (non-hydrogen) atoms. The van der Waals surface area contributed by atoms with Crippen LogP contribution in [0.1, 0.15) is 13.8 Å². The Morgan fingerprint density at radius 1 is 1.20 bits per heavy atom. The van der Waals surface area contributed by atoms with Gasteiger partial charge in [0.25, 0.3) is 0 Å². The Morgan fingerprint density at radius 3 is 1.30 bits per heavy atom. The minimum absolute atomic E-state index is 0.167. The summed E-state index contributed by atoms with van der Waals surface area (Å²) in [6.45, 7) is 9.24. The second kappa shape index (κ2) is 5.88. The van der Waals surface area contributed by atoms with Gasteiger partial charge in [0.2, 0.25) is 0 Å². The highest BCUT2D eigenvalue weighted by atomic mass is 16.4. The molecule has 0 heterocycles. The molecule has 0 spiro atoms. The molecule has 0 aromatic rings. The van der Waals surface area contributed by atoms with Crippen molar-refractivity contribution in [3.05, 3.63) is 24.5 Å². The first-order valence-corrected chi connectivity index (χ1v) is 2.61. The van der Waals surface area contributed by atoms with E-state index in [1.54, 1.807) is 0 Å². The molecule has 0 fully saturated rings. The lowest BCUT2D eigenvalue weighted by Crippen LogP contribution is -1.92. The molecule has 0 aliphatic heterocycles. The highest BCUT2D eigenvalue weighted by molar-refractivity contribution is 5.84. The fraction of sp³-hybridized carbons (Fsp3) is 0.286. The Labute approximate surface area is 60.3 Å². The summed E-state index contributed by atoms with van der Waals surface area (Å²) >= 11 is 0. The fourth-order valence-corrected chi connectivity index (χ4v) is 0. The number of carboxylic acids is 1. The van der Waals surface area contributed by atoms with Crippen molar-refractivity contribution < 1.29 is 15.0 Å². The van der Waals surface area contributed by atoms with Crippen molar-refractivity contribution in [2.45, 2.75) is 13.8 Å². The molecule has 0 aromatic heterocycles. The van der Waals surface area contributed by atoms with Gasteiger partial charge in [-0.05, 0) is 13.8 Å². The van der Waals surface area contributed by atoms with E-state index in [0.29, 0.717) is 0 Å². The van der Waals surface area contributed by atoms with Gasteiger partial charge in [-0.1, -0.05) is 13.2 Å². The van der Waals surface area contributed by atoms with E-state index in [-0.39, 0.29) is 11.3 Å². The zero-order valence-electron chi connectivity index (χ0n) is 6.22. The molecule has 0 saturated carbocycles. The predicted octanol–water partition coefficient (Wildman–Crippen LogP) is 1.73. The summed E-state index contributed by atoms with van der Waals surface area (Å²) in [5.74, 6) is -0.769. The fourth-order valence-electron chi connectivity index (χ4n) is 0. The Hall–Kier alpha value is -1.25. The molecule has 58 valence electrons. The number of aliphatic hydroxyl groups excluding tert-OH is 1. The third-order valence-corrected chi connectivity index (χ3v) is 0.365.